The van der Waals surface area contributed by atoms with Crippen molar-refractivity contribution in [2.45, 2.75) is 51.5 Å². The molecule has 0 aromatic carbocycles. The molecule has 1 saturated heterocycles. The predicted octanol–water partition coefficient (Wildman–Crippen LogP) is 1.98. The van der Waals surface area contributed by atoms with Crippen LogP contribution in [0, 0.1) is 0 Å². The van der Waals surface area contributed by atoms with E-state index in [9.17, 15) is 4.79 Å². The SMILES string of the molecule is C[Si](C)(C)O[C@H]1COC(=O)[C@H]1O[Si](C)(C)C. The maximum absolute atomic E-state index is 11.6. The molecule has 1 aliphatic heterocycles. The molecule has 16 heavy (non-hydrogen) atoms. The summed E-state index contributed by atoms with van der Waals surface area (Å²) in [7, 11) is -3.41. The fourth-order valence-electron chi connectivity index (χ4n) is 1.54. The molecule has 0 amide bonds. The summed E-state index contributed by atoms with van der Waals surface area (Å²) < 4.78 is 16.8. The first-order chi connectivity index (χ1) is 7.08. The Morgan fingerprint density at radius 3 is 2.00 bits per heavy atom. The second kappa shape index (κ2) is 4.60. The molecule has 0 aromatic rings. The van der Waals surface area contributed by atoms with Gasteiger partial charge in [0.25, 0.3) is 0 Å². The highest BCUT2D eigenvalue weighted by Gasteiger charge is 2.43. The van der Waals surface area contributed by atoms with Gasteiger partial charge >= 0.3 is 5.97 Å². The number of rotatable bonds is 4. The quantitative estimate of drug-likeness (QED) is 0.574. The highest BCUT2D eigenvalue weighted by atomic mass is 28.4. The third-order valence-electron chi connectivity index (χ3n) is 1.95. The van der Waals surface area contributed by atoms with Crippen LogP contribution in [0.25, 0.3) is 0 Å². The molecule has 1 rings (SSSR count). The van der Waals surface area contributed by atoms with E-state index < -0.39 is 22.7 Å². The Morgan fingerprint density at radius 1 is 1.06 bits per heavy atom. The van der Waals surface area contributed by atoms with Crippen molar-refractivity contribution in [3.63, 3.8) is 0 Å². The van der Waals surface area contributed by atoms with Crippen molar-refractivity contribution in [3.05, 3.63) is 0 Å². The molecule has 4 nitrogen and oxygen atoms in total. The Labute approximate surface area is 99.5 Å². The van der Waals surface area contributed by atoms with Gasteiger partial charge in [0.1, 0.15) is 12.7 Å². The molecule has 0 radical (unpaired) electrons. The molecular formula is C10H22O4Si2. The lowest BCUT2D eigenvalue weighted by molar-refractivity contribution is -0.144. The Hall–Kier alpha value is -0.176. The van der Waals surface area contributed by atoms with E-state index in [-0.39, 0.29) is 12.1 Å². The van der Waals surface area contributed by atoms with Gasteiger partial charge in [-0.2, -0.15) is 0 Å². The zero-order valence-electron chi connectivity index (χ0n) is 11.0. The number of hydrogen-bond donors (Lipinski definition) is 0. The molecule has 1 heterocycles. The summed E-state index contributed by atoms with van der Waals surface area (Å²) in [6, 6.07) is 0. The largest absolute Gasteiger partial charge is 0.461 e. The van der Waals surface area contributed by atoms with Crippen LogP contribution < -0.4 is 0 Å². The first kappa shape index (κ1) is 13.9. The first-order valence-corrected chi connectivity index (χ1v) is 12.4. The first-order valence-electron chi connectivity index (χ1n) is 5.61. The maximum atomic E-state index is 11.6. The summed E-state index contributed by atoms with van der Waals surface area (Å²) >= 11 is 0. The molecule has 0 spiro atoms. The summed E-state index contributed by atoms with van der Waals surface area (Å²) in [5.74, 6) is -0.273. The van der Waals surface area contributed by atoms with E-state index in [1.807, 2.05) is 0 Å². The highest BCUT2D eigenvalue weighted by molar-refractivity contribution is 6.70. The van der Waals surface area contributed by atoms with Gasteiger partial charge in [-0.25, -0.2) is 4.79 Å². The van der Waals surface area contributed by atoms with Gasteiger partial charge in [0, 0.05) is 0 Å². The number of carbonyl (C=O) groups is 1. The summed E-state index contributed by atoms with van der Waals surface area (Å²) in [5.41, 5.74) is 0. The molecule has 1 fully saturated rings. The van der Waals surface area contributed by atoms with Crippen molar-refractivity contribution in [1.82, 2.24) is 0 Å². The van der Waals surface area contributed by atoms with Crippen LogP contribution in [0.15, 0.2) is 0 Å². The average molecular weight is 262 g/mol. The van der Waals surface area contributed by atoms with Crippen LogP contribution in [0.1, 0.15) is 0 Å². The van der Waals surface area contributed by atoms with Crippen molar-refractivity contribution in [2.75, 3.05) is 6.61 Å². The minimum Gasteiger partial charge on any atom is -0.461 e. The molecule has 94 valence electrons. The minimum absolute atomic E-state index is 0.217. The second-order valence-electron chi connectivity index (χ2n) is 6.05. The number of ether oxygens (including phenoxy) is 1. The third-order valence-corrected chi connectivity index (χ3v) is 3.92. The van der Waals surface area contributed by atoms with Crippen LogP contribution in [0.3, 0.4) is 0 Å². The molecule has 0 saturated carbocycles. The Balaban J connectivity index is 2.67. The predicted molar refractivity (Wildman–Crippen MR) is 67.4 cm³/mol. The molecule has 0 N–H and O–H groups in total. The summed E-state index contributed by atoms with van der Waals surface area (Å²) in [5, 5.41) is 0. The van der Waals surface area contributed by atoms with Crippen molar-refractivity contribution in [3.8, 4) is 0 Å². The van der Waals surface area contributed by atoms with Gasteiger partial charge in [0.05, 0.1) is 0 Å². The Bertz CT molecular complexity index is 267. The minimum atomic E-state index is -1.75. The van der Waals surface area contributed by atoms with E-state index >= 15 is 0 Å². The van der Waals surface area contributed by atoms with E-state index in [4.69, 9.17) is 13.6 Å². The van der Waals surface area contributed by atoms with Gasteiger partial charge in [0.2, 0.25) is 0 Å². The number of hydrogen-bond acceptors (Lipinski definition) is 4. The lowest BCUT2D eigenvalue weighted by Gasteiger charge is -2.28. The van der Waals surface area contributed by atoms with Gasteiger partial charge in [-0.1, -0.05) is 0 Å². The molecule has 1 aliphatic rings. The van der Waals surface area contributed by atoms with E-state index in [1.54, 1.807) is 0 Å². The Morgan fingerprint density at radius 2 is 1.56 bits per heavy atom. The fourth-order valence-corrected chi connectivity index (χ4v) is 3.65. The maximum Gasteiger partial charge on any atom is 0.336 e. The Kier molecular flexibility index (Phi) is 3.99. The van der Waals surface area contributed by atoms with Crippen molar-refractivity contribution in [2.24, 2.45) is 0 Å². The lowest BCUT2D eigenvalue weighted by atomic mass is 10.3. The van der Waals surface area contributed by atoms with Gasteiger partial charge < -0.3 is 13.6 Å². The van der Waals surface area contributed by atoms with Gasteiger partial charge in [0.15, 0.2) is 22.7 Å². The molecule has 0 aliphatic carbocycles. The van der Waals surface area contributed by atoms with E-state index in [0.29, 0.717) is 6.61 Å². The smallest absolute Gasteiger partial charge is 0.336 e. The number of cyclic esters (lactones) is 1. The standard InChI is InChI=1S/C10H22O4Si2/c1-15(2,3)13-8-7-12-10(11)9(8)14-16(4,5)6/h8-9H,7H2,1-6H3/t8-,9-/m0/s1. The van der Waals surface area contributed by atoms with Crippen molar-refractivity contribution in [1.29, 1.82) is 0 Å². The molecule has 0 aromatic heterocycles. The van der Waals surface area contributed by atoms with Crippen LogP contribution >= 0.6 is 0 Å². The number of carbonyl (C=O) groups excluding carboxylic acids is 1. The third kappa shape index (κ3) is 4.36. The van der Waals surface area contributed by atoms with Crippen LogP contribution in [0.2, 0.25) is 39.3 Å². The number of esters is 1. The summed E-state index contributed by atoms with van der Waals surface area (Å²) in [4.78, 5) is 11.6. The van der Waals surface area contributed by atoms with Crippen LogP contribution in [-0.4, -0.2) is 41.4 Å². The zero-order chi connectivity index (χ0) is 12.6. The zero-order valence-corrected chi connectivity index (χ0v) is 13.0. The second-order valence-corrected chi connectivity index (χ2v) is 15.0. The van der Waals surface area contributed by atoms with Crippen LogP contribution in [-0.2, 0) is 18.4 Å². The molecule has 0 unspecified atom stereocenters. The van der Waals surface area contributed by atoms with Crippen LogP contribution in [0.5, 0.6) is 0 Å². The summed E-state index contributed by atoms with van der Waals surface area (Å²) in [6.07, 6.45) is -0.732. The van der Waals surface area contributed by atoms with Crippen molar-refractivity contribution < 1.29 is 18.4 Å². The normalized spacial score (nSPS) is 27.0. The topological polar surface area (TPSA) is 44.8 Å². The van der Waals surface area contributed by atoms with Crippen LogP contribution in [0.4, 0.5) is 0 Å². The summed E-state index contributed by atoms with van der Waals surface area (Å²) in [6.45, 7) is 12.8. The van der Waals surface area contributed by atoms with E-state index in [1.165, 1.54) is 0 Å². The van der Waals surface area contributed by atoms with E-state index in [0.717, 1.165) is 0 Å². The molecule has 2 atom stereocenters. The molecule has 0 bridgehead atoms. The fraction of sp³-hybridized carbons (Fsp3) is 0.900. The molecule has 6 heteroatoms. The average Bonchev–Trinajstić information content (AvgIpc) is 2.30. The van der Waals surface area contributed by atoms with Gasteiger partial charge in [-0.15, -0.1) is 0 Å². The molecular weight excluding hydrogens is 240 g/mol. The highest BCUT2D eigenvalue weighted by Crippen LogP contribution is 2.22. The lowest BCUT2D eigenvalue weighted by Crippen LogP contribution is -2.45. The monoisotopic (exact) mass is 262 g/mol. The van der Waals surface area contributed by atoms with E-state index in [2.05, 4.69) is 39.3 Å². The van der Waals surface area contributed by atoms with Gasteiger partial charge in [-0.05, 0) is 39.3 Å². The van der Waals surface area contributed by atoms with Gasteiger partial charge in [-0.3, -0.25) is 0 Å². The van der Waals surface area contributed by atoms with Crippen molar-refractivity contribution >= 4 is 22.6 Å².